The largest absolute Gasteiger partial charge is 0.492 e. The smallest absolute Gasteiger partial charge is 0.191 e. The number of aliphatic imine (C=N–C) groups is 1. The summed E-state index contributed by atoms with van der Waals surface area (Å²) in [4.78, 5) is 5.90. The van der Waals surface area contributed by atoms with Crippen LogP contribution in [-0.4, -0.2) is 51.7 Å². The van der Waals surface area contributed by atoms with E-state index < -0.39 is 17.7 Å². The molecule has 0 aliphatic rings. The Labute approximate surface area is 159 Å². The van der Waals surface area contributed by atoms with Crippen molar-refractivity contribution in [2.75, 3.05) is 40.8 Å². The fraction of sp³-hybridized carbons (Fsp3) is 0.350. The minimum Gasteiger partial charge on any atom is -0.492 e. The number of hydrogen-bond donors (Lipinski definition) is 2. The molecule has 0 aliphatic carbocycles. The zero-order valence-electron chi connectivity index (χ0n) is 15.9. The van der Waals surface area contributed by atoms with Gasteiger partial charge in [0.05, 0.1) is 12.6 Å². The zero-order valence-corrected chi connectivity index (χ0v) is 15.9. The first-order valence-corrected chi connectivity index (χ1v) is 8.75. The van der Waals surface area contributed by atoms with Gasteiger partial charge in [0, 0.05) is 19.2 Å². The van der Waals surface area contributed by atoms with Gasteiger partial charge < -0.3 is 20.3 Å². The van der Waals surface area contributed by atoms with Crippen LogP contribution in [0.4, 0.5) is 8.78 Å². The molecule has 0 aromatic heterocycles. The number of likely N-dealkylation sites (N-methyl/N-ethyl adjacent to an activating group) is 1. The standard InChI is InChI=1S/C20H26F2N4O/c1-23-20(24-12-13-27-15-8-5-4-6-9-15)25-14-18(26(2)3)19-16(21)10-7-11-17(19)22/h4-11,18H,12-14H2,1-3H3,(H2,23,24,25). The minimum atomic E-state index is -0.560. The first-order chi connectivity index (χ1) is 13.0. The normalized spacial score (nSPS) is 12.7. The molecule has 0 amide bonds. The van der Waals surface area contributed by atoms with E-state index >= 15 is 0 Å². The van der Waals surface area contributed by atoms with E-state index in [0.29, 0.717) is 25.7 Å². The van der Waals surface area contributed by atoms with Crippen molar-refractivity contribution in [3.63, 3.8) is 0 Å². The van der Waals surface area contributed by atoms with Crippen molar-refractivity contribution < 1.29 is 13.5 Å². The number of hydrogen-bond acceptors (Lipinski definition) is 3. The molecule has 0 spiro atoms. The van der Waals surface area contributed by atoms with Gasteiger partial charge in [0.15, 0.2) is 5.96 Å². The quantitative estimate of drug-likeness (QED) is 0.423. The second-order valence-electron chi connectivity index (χ2n) is 6.16. The molecule has 2 aromatic rings. The van der Waals surface area contributed by atoms with Gasteiger partial charge in [-0.25, -0.2) is 8.78 Å². The second kappa shape index (κ2) is 10.5. The van der Waals surface area contributed by atoms with Crippen LogP contribution in [0.5, 0.6) is 5.75 Å². The van der Waals surface area contributed by atoms with E-state index in [0.717, 1.165) is 5.75 Å². The fourth-order valence-corrected chi connectivity index (χ4v) is 2.64. The lowest BCUT2D eigenvalue weighted by Crippen LogP contribution is -2.43. The third-order valence-corrected chi connectivity index (χ3v) is 4.05. The Morgan fingerprint density at radius 1 is 1.04 bits per heavy atom. The summed E-state index contributed by atoms with van der Waals surface area (Å²) in [6.07, 6.45) is 0. The number of nitrogens with one attached hydrogen (secondary N) is 2. The molecule has 27 heavy (non-hydrogen) atoms. The van der Waals surface area contributed by atoms with Crippen LogP contribution in [0.3, 0.4) is 0 Å². The van der Waals surface area contributed by atoms with Crippen molar-refractivity contribution in [1.29, 1.82) is 0 Å². The van der Waals surface area contributed by atoms with Crippen molar-refractivity contribution >= 4 is 5.96 Å². The average molecular weight is 376 g/mol. The highest BCUT2D eigenvalue weighted by atomic mass is 19.1. The van der Waals surface area contributed by atoms with Crippen molar-refractivity contribution in [3.8, 4) is 5.75 Å². The van der Waals surface area contributed by atoms with Crippen LogP contribution in [-0.2, 0) is 0 Å². The topological polar surface area (TPSA) is 48.9 Å². The maximum Gasteiger partial charge on any atom is 0.191 e. The molecular formula is C20H26F2N4O. The highest BCUT2D eigenvalue weighted by Crippen LogP contribution is 2.23. The number of rotatable bonds is 8. The monoisotopic (exact) mass is 376 g/mol. The molecule has 7 heteroatoms. The van der Waals surface area contributed by atoms with Gasteiger partial charge in [-0.2, -0.15) is 0 Å². The van der Waals surface area contributed by atoms with Crippen LogP contribution in [0.2, 0.25) is 0 Å². The molecular weight excluding hydrogens is 350 g/mol. The van der Waals surface area contributed by atoms with Crippen LogP contribution in [0.1, 0.15) is 11.6 Å². The van der Waals surface area contributed by atoms with Gasteiger partial charge in [-0.15, -0.1) is 0 Å². The highest BCUT2D eigenvalue weighted by molar-refractivity contribution is 5.79. The van der Waals surface area contributed by atoms with E-state index in [2.05, 4.69) is 15.6 Å². The number of para-hydroxylation sites is 1. The first kappa shape index (κ1) is 20.6. The van der Waals surface area contributed by atoms with E-state index in [9.17, 15) is 8.78 Å². The van der Waals surface area contributed by atoms with Gasteiger partial charge in [0.25, 0.3) is 0 Å². The van der Waals surface area contributed by atoms with Crippen LogP contribution >= 0.6 is 0 Å². The highest BCUT2D eigenvalue weighted by Gasteiger charge is 2.22. The van der Waals surface area contributed by atoms with Crippen LogP contribution < -0.4 is 15.4 Å². The summed E-state index contributed by atoms with van der Waals surface area (Å²) < 4.78 is 33.9. The Hall–Kier alpha value is -2.67. The molecule has 2 rings (SSSR count). The van der Waals surface area contributed by atoms with Gasteiger partial charge in [-0.1, -0.05) is 24.3 Å². The molecule has 0 bridgehead atoms. The lowest BCUT2D eigenvalue weighted by Gasteiger charge is -2.26. The summed E-state index contributed by atoms with van der Waals surface area (Å²) in [6.45, 7) is 1.29. The molecule has 146 valence electrons. The van der Waals surface area contributed by atoms with E-state index in [-0.39, 0.29) is 5.56 Å². The third kappa shape index (κ3) is 6.21. The number of halogens is 2. The summed E-state index contributed by atoms with van der Waals surface area (Å²) in [7, 11) is 5.20. The molecule has 0 saturated carbocycles. The Morgan fingerprint density at radius 3 is 2.30 bits per heavy atom. The lowest BCUT2D eigenvalue weighted by atomic mass is 10.0. The fourth-order valence-electron chi connectivity index (χ4n) is 2.64. The third-order valence-electron chi connectivity index (χ3n) is 4.05. The number of nitrogens with zero attached hydrogens (tertiary/aromatic N) is 2. The van der Waals surface area contributed by atoms with Crippen molar-refractivity contribution in [2.45, 2.75) is 6.04 Å². The SMILES string of the molecule is CN=C(NCCOc1ccccc1)NCC(c1c(F)cccc1F)N(C)C. The van der Waals surface area contributed by atoms with Crippen molar-refractivity contribution in [2.24, 2.45) is 4.99 Å². The van der Waals surface area contributed by atoms with Gasteiger partial charge in [-0.05, 0) is 38.4 Å². The summed E-state index contributed by atoms with van der Waals surface area (Å²) >= 11 is 0. The Morgan fingerprint density at radius 2 is 1.70 bits per heavy atom. The molecule has 5 nitrogen and oxygen atoms in total. The maximum atomic E-state index is 14.1. The predicted molar refractivity (Wildman–Crippen MR) is 104 cm³/mol. The Balaban J connectivity index is 1.87. The lowest BCUT2D eigenvalue weighted by molar-refractivity contribution is 0.282. The van der Waals surface area contributed by atoms with Crippen molar-refractivity contribution in [3.05, 3.63) is 65.7 Å². The molecule has 2 aromatic carbocycles. The molecule has 0 saturated heterocycles. The maximum absolute atomic E-state index is 14.1. The van der Waals surface area contributed by atoms with E-state index in [4.69, 9.17) is 4.74 Å². The summed E-state index contributed by atoms with van der Waals surface area (Å²) in [5, 5.41) is 6.23. The molecule has 0 aliphatic heterocycles. The summed E-state index contributed by atoms with van der Waals surface area (Å²) in [5.74, 6) is 0.213. The average Bonchev–Trinajstić information content (AvgIpc) is 2.66. The molecule has 2 N–H and O–H groups in total. The van der Waals surface area contributed by atoms with E-state index in [1.807, 2.05) is 30.3 Å². The molecule has 1 unspecified atom stereocenters. The Kier molecular flexibility index (Phi) is 8.00. The zero-order chi connectivity index (χ0) is 19.6. The predicted octanol–water partition coefficient (Wildman–Crippen LogP) is 2.81. The van der Waals surface area contributed by atoms with Crippen molar-refractivity contribution in [1.82, 2.24) is 15.5 Å². The van der Waals surface area contributed by atoms with Gasteiger partial charge in [0.2, 0.25) is 0 Å². The molecule has 0 radical (unpaired) electrons. The van der Waals surface area contributed by atoms with Gasteiger partial charge in [0.1, 0.15) is 24.0 Å². The van der Waals surface area contributed by atoms with Crippen LogP contribution in [0.15, 0.2) is 53.5 Å². The van der Waals surface area contributed by atoms with E-state index in [1.54, 1.807) is 26.0 Å². The molecule has 0 fully saturated rings. The van der Waals surface area contributed by atoms with Gasteiger partial charge in [-0.3, -0.25) is 4.99 Å². The Bertz CT molecular complexity index is 718. The second-order valence-corrected chi connectivity index (χ2v) is 6.16. The molecule has 1 atom stereocenters. The van der Waals surface area contributed by atoms with Crippen LogP contribution in [0, 0.1) is 11.6 Å². The van der Waals surface area contributed by atoms with Gasteiger partial charge >= 0.3 is 0 Å². The van der Waals surface area contributed by atoms with E-state index in [1.165, 1.54) is 18.2 Å². The summed E-state index contributed by atoms with van der Waals surface area (Å²) in [6, 6.07) is 12.9. The number of benzene rings is 2. The molecule has 0 heterocycles. The number of ether oxygens (including phenoxy) is 1. The first-order valence-electron chi connectivity index (χ1n) is 8.75. The number of guanidine groups is 1. The van der Waals surface area contributed by atoms with Crippen LogP contribution in [0.25, 0.3) is 0 Å². The summed E-state index contributed by atoms with van der Waals surface area (Å²) in [5.41, 5.74) is 0.0397. The minimum absolute atomic E-state index is 0.0397.